The van der Waals surface area contributed by atoms with Crippen molar-refractivity contribution in [3.8, 4) is 5.75 Å². The molecule has 2 heterocycles. The number of carbonyl (C=O) groups is 2. The molecule has 1 atom stereocenters. The number of hydrogen-bond donors (Lipinski definition) is 0. The maximum Gasteiger partial charge on any atom is 0.262 e. The van der Waals surface area contributed by atoms with E-state index in [4.69, 9.17) is 16.3 Å². The first-order chi connectivity index (χ1) is 15.5. The molecule has 0 fully saturated rings. The van der Waals surface area contributed by atoms with Crippen molar-refractivity contribution >= 4 is 40.5 Å². The molecule has 0 saturated heterocycles. The molecule has 1 unspecified atom stereocenters. The SMILES string of the molecule is COc1ccc(C(=O)N(C)CC(=O)N2N=C(c3cccs3)CC2c2ccc(Cl)cc2)cc1. The molecular formula is C24H22ClN3O3S. The van der Waals surface area contributed by atoms with Crippen LogP contribution in [0, 0.1) is 0 Å². The Balaban J connectivity index is 1.54. The van der Waals surface area contributed by atoms with Crippen LogP contribution in [-0.2, 0) is 4.79 Å². The first-order valence-corrected chi connectivity index (χ1v) is 11.3. The summed E-state index contributed by atoms with van der Waals surface area (Å²) in [4.78, 5) is 28.5. The molecule has 8 heteroatoms. The van der Waals surface area contributed by atoms with Gasteiger partial charge < -0.3 is 9.64 Å². The van der Waals surface area contributed by atoms with Gasteiger partial charge in [-0.3, -0.25) is 9.59 Å². The Morgan fingerprint density at radius 1 is 1.16 bits per heavy atom. The van der Waals surface area contributed by atoms with Crippen molar-refractivity contribution < 1.29 is 14.3 Å². The van der Waals surface area contributed by atoms with Crippen LogP contribution in [0.1, 0.15) is 33.3 Å². The van der Waals surface area contributed by atoms with E-state index in [1.54, 1.807) is 49.8 Å². The van der Waals surface area contributed by atoms with Crippen molar-refractivity contribution in [2.24, 2.45) is 5.10 Å². The number of hydrogen-bond acceptors (Lipinski definition) is 5. The topological polar surface area (TPSA) is 62.2 Å². The van der Waals surface area contributed by atoms with Crippen LogP contribution in [0.2, 0.25) is 5.02 Å². The third-order valence-corrected chi connectivity index (χ3v) is 6.45. The van der Waals surface area contributed by atoms with Crippen LogP contribution in [0.25, 0.3) is 0 Å². The summed E-state index contributed by atoms with van der Waals surface area (Å²) in [5, 5.41) is 8.76. The van der Waals surface area contributed by atoms with Gasteiger partial charge >= 0.3 is 0 Å². The molecule has 2 aromatic carbocycles. The van der Waals surface area contributed by atoms with Crippen LogP contribution in [0.15, 0.2) is 71.1 Å². The zero-order valence-electron chi connectivity index (χ0n) is 17.7. The highest BCUT2D eigenvalue weighted by Crippen LogP contribution is 2.34. The molecule has 1 aromatic heterocycles. The quantitative estimate of drug-likeness (QED) is 0.520. The summed E-state index contributed by atoms with van der Waals surface area (Å²) in [6.45, 7) is -0.0871. The van der Waals surface area contributed by atoms with Gasteiger partial charge in [-0.2, -0.15) is 5.10 Å². The van der Waals surface area contributed by atoms with Gasteiger partial charge in [0.05, 0.1) is 23.7 Å². The van der Waals surface area contributed by atoms with E-state index in [0.29, 0.717) is 22.8 Å². The molecule has 0 bridgehead atoms. The minimum atomic E-state index is -0.249. The lowest BCUT2D eigenvalue weighted by atomic mass is 10.0. The summed E-state index contributed by atoms with van der Waals surface area (Å²) >= 11 is 7.64. The van der Waals surface area contributed by atoms with Gasteiger partial charge in [-0.15, -0.1) is 11.3 Å². The first-order valence-electron chi connectivity index (χ1n) is 10.0. The molecule has 1 aliphatic rings. The average molecular weight is 468 g/mol. The molecule has 3 aromatic rings. The number of rotatable bonds is 6. The molecule has 0 spiro atoms. The first kappa shape index (κ1) is 22.0. The number of methoxy groups -OCH3 is 1. The van der Waals surface area contributed by atoms with E-state index in [-0.39, 0.29) is 24.4 Å². The smallest absolute Gasteiger partial charge is 0.262 e. The molecule has 164 valence electrons. The van der Waals surface area contributed by atoms with E-state index in [0.717, 1.165) is 16.2 Å². The van der Waals surface area contributed by atoms with E-state index < -0.39 is 0 Å². The summed E-state index contributed by atoms with van der Waals surface area (Å²) in [5.74, 6) is 0.171. The summed E-state index contributed by atoms with van der Waals surface area (Å²) in [7, 11) is 3.18. The van der Waals surface area contributed by atoms with Crippen molar-refractivity contribution in [3.63, 3.8) is 0 Å². The lowest BCUT2D eigenvalue weighted by molar-refractivity contribution is -0.133. The van der Waals surface area contributed by atoms with Gasteiger partial charge in [-0.25, -0.2) is 5.01 Å². The maximum atomic E-state index is 13.2. The molecule has 0 aliphatic carbocycles. The largest absolute Gasteiger partial charge is 0.497 e. The average Bonchev–Trinajstić information content (AvgIpc) is 3.49. The van der Waals surface area contributed by atoms with Crippen LogP contribution >= 0.6 is 22.9 Å². The van der Waals surface area contributed by atoms with Crippen molar-refractivity contribution in [2.75, 3.05) is 20.7 Å². The molecule has 0 radical (unpaired) electrons. The van der Waals surface area contributed by atoms with Crippen LogP contribution in [-0.4, -0.2) is 48.1 Å². The number of likely N-dealkylation sites (N-methyl/N-ethyl adjacent to an activating group) is 1. The number of carbonyl (C=O) groups excluding carboxylic acids is 2. The highest BCUT2D eigenvalue weighted by atomic mass is 35.5. The second-order valence-corrected chi connectivity index (χ2v) is 8.81. The Morgan fingerprint density at radius 2 is 1.88 bits per heavy atom. The Morgan fingerprint density at radius 3 is 2.50 bits per heavy atom. The Labute approximate surface area is 195 Å². The van der Waals surface area contributed by atoms with Gasteiger partial charge in [0.25, 0.3) is 11.8 Å². The second kappa shape index (κ2) is 9.54. The number of ether oxygens (including phenoxy) is 1. The molecule has 0 N–H and O–H groups in total. The van der Waals surface area contributed by atoms with Gasteiger partial charge in [0, 0.05) is 24.1 Å². The monoisotopic (exact) mass is 467 g/mol. The lowest BCUT2D eigenvalue weighted by Gasteiger charge is -2.25. The summed E-state index contributed by atoms with van der Waals surface area (Å²) in [5.41, 5.74) is 2.29. The lowest BCUT2D eigenvalue weighted by Crippen LogP contribution is -2.39. The van der Waals surface area contributed by atoms with Crippen molar-refractivity contribution in [2.45, 2.75) is 12.5 Å². The molecule has 0 saturated carbocycles. The zero-order valence-corrected chi connectivity index (χ0v) is 19.3. The summed E-state index contributed by atoms with van der Waals surface area (Å²) in [6.07, 6.45) is 0.601. The van der Waals surface area contributed by atoms with E-state index in [2.05, 4.69) is 5.10 Å². The van der Waals surface area contributed by atoms with Gasteiger partial charge in [0.2, 0.25) is 0 Å². The highest BCUT2D eigenvalue weighted by molar-refractivity contribution is 7.12. The van der Waals surface area contributed by atoms with Gasteiger partial charge in [-0.1, -0.05) is 29.8 Å². The van der Waals surface area contributed by atoms with Crippen LogP contribution in [0.5, 0.6) is 5.75 Å². The number of amides is 2. The van der Waals surface area contributed by atoms with Crippen molar-refractivity contribution in [1.82, 2.24) is 9.91 Å². The molecule has 32 heavy (non-hydrogen) atoms. The standard InChI is InChI=1S/C24H22ClN3O3S/c1-27(24(30)17-7-11-19(31-2)12-8-17)15-23(29)28-21(16-5-9-18(25)10-6-16)14-20(26-28)22-4-3-13-32-22/h3-13,21H,14-15H2,1-2H3. The van der Waals surface area contributed by atoms with E-state index in [1.807, 2.05) is 41.8 Å². The molecular weight excluding hydrogens is 446 g/mol. The summed E-state index contributed by atoms with van der Waals surface area (Å²) in [6, 6.07) is 17.9. The third-order valence-electron chi connectivity index (χ3n) is 5.28. The summed E-state index contributed by atoms with van der Waals surface area (Å²) < 4.78 is 5.14. The predicted octanol–water partition coefficient (Wildman–Crippen LogP) is 4.86. The number of hydrazone groups is 1. The maximum absolute atomic E-state index is 13.2. The van der Waals surface area contributed by atoms with Crippen molar-refractivity contribution in [1.29, 1.82) is 0 Å². The Bertz CT molecular complexity index is 1130. The zero-order chi connectivity index (χ0) is 22.7. The number of nitrogens with zero attached hydrogens (tertiary/aromatic N) is 3. The van der Waals surface area contributed by atoms with Crippen LogP contribution in [0.3, 0.4) is 0 Å². The normalized spacial score (nSPS) is 15.4. The molecule has 6 nitrogen and oxygen atoms in total. The fourth-order valence-corrected chi connectivity index (χ4v) is 4.42. The predicted molar refractivity (Wildman–Crippen MR) is 126 cm³/mol. The van der Waals surface area contributed by atoms with E-state index in [9.17, 15) is 9.59 Å². The molecule has 4 rings (SSSR count). The molecule has 1 aliphatic heterocycles. The number of halogens is 1. The minimum absolute atomic E-state index is 0.0871. The van der Waals surface area contributed by atoms with E-state index in [1.165, 1.54) is 9.91 Å². The Hall–Kier alpha value is -3.16. The highest BCUT2D eigenvalue weighted by Gasteiger charge is 2.34. The molecule has 2 amide bonds. The fraction of sp³-hybridized carbons (Fsp3) is 0.208. The third kappa shape index (κ3) is 4.69. The minimum Gasteiger partial charge on any atom is -0.497 e. The second-order valence-electron chi connectivity index (χ2n) is 7.42. The van der Waals surface area contributed by atoms with Crippen LogP contribution < -0.4 is 4.74 Å². The fourth-order valence-electron chi connectivity index (χ4n) is 3.58. The van der Waals surface area contributed by atoms with E-state index >= 15 is 0 Å². The number of thiophene rings is 1. The number of benzene rings is 2. The Kier molecular flexibility index (Phi) is 6.58. The van der Waals surface area contributed by atoms with Crippen LogP contribution in [0.4, 0.5) is 0 Å². The van der Waals surface area contributed by atoms with Gasteiger partial charge in [0.15, 0.2) is 0 Å². The van der Waals surface area contributed by atoms with Gasteiger partial charge in [0.1, 0.15) is 12.3 Å². The van der Waals surface area contributed by atoms with Gasteiger partial charge in [-0.05, 0) is 53.4 Å². The van der Waals surface area contributed by atoms with Crippen molar-refractivity contribution in [3.05, 3.63) is 87.1 Å².